The van der Waals surface area contributed by atoms with E-state index in [9.17, 15) is 19.5 Å². The Kier molecular flexibility index (Phi) is 9.88. The molecule has 2 aliphatic heterocycles. The van der Waals surface area contributed by atoms with Crippen LogP contribution in [0.3, 0.4) is 0 Å². The van der Waals surface area contributed by atoms with Gasteiger partial charge in [0.15, 0.2) is 5.78 Å². The van der Waals surface area contributed by atoms with Crippen molar-refractivity contribution >= 4 is 17.5 Å². The minimum atomic E-state index is -0.887. The lowest BCUT2D eigenvalue weighted by atomic mass is 9.90. The molecule has 8 heteroatoms. The van der Waals surface area contributed by atoms with Crippen molar-refractivity contribution in [2.24, 2.45) is 5.92 Å². The van der Waals surface area contributed by atoms with Gasteiger partial charge in [-0.15, -0.1) is 0 Å². The molecule has 0 spiro atoms. The van der Waals surface area contributed by atoms with Crippen LogP contribution in [-0.4, -0.2) is 78.6 Å². The van der Waals surface area contributed by atoms with Gasteiger partial charge < -0.3 is 19.9 Å². The number of aliphatic hydroxyl groups is 1. The van der Waals surface area contributed by atoms with Crippen LogP contribution in [0.15, 0.2) is 54.6 Å². The number of carbonyl (C=O) groups excluding carboxylic acids is 3. The number of methoxy groups -OCH3 is 1. The van der Waals surface area contributed by atoms with Crippen LogP contribution in [0.25, 0.3) is 0 Å². The summed E-state index contributed by atoms with van der Waals surface area (Å²) in [5.74, 6) is -0.472. The number of nitrogens with zero attached hydrogens (tertiary/aromatic N) is 1. The normalized spacial score (nSPS) is 22.5. The Labute approximate surface area is 230 Å². The molecule has 0 saturated carbocycles. The van der Waals surface area contributed by atoms with Crippen molar-refractivity contribution in [2.75, 3.05) is 33.4 Å². The third-order valence-electron chi connectivity index (χ3n) is 7.84. The van der Waals surface area contributed by atoms with Gasteiger partial charge in [0.1, 0.15) is 17.1 Å². The fourth-order valence-corrected chi connectivity index (χ4v) is 5.31. The smallest absolute Gasteiger partial charge is 0.224 e. The van der Waals surface area contributed by atoms with Crippen LogP contribution in [0, 0.1) is 5.92 Å². The quantitative estimate of drug-likeness (QED) is 0.358. The average Bonchev–Trinajstić information content (AvgIpc) is 3.71. The van der Waals surface area contributed by atoms with E-state index in [2.05, 4.69) is 5.32 Å². The third-order valence-corrected chi connectivity index (χ3v) is 7.84. The van der Waals surface area contributed by atoms with E-state index >= 15 is 0 Å². The maximum Gasteiger partial charge on any atom is 0.224 e. The lowest BCUT2D eigenvalue weighted by Gasteiger charge is -2.34. The number of benzene rings is 2. The summed E-state index contributed by atoms with van der Waals surface area (Å²) in [5.41, 5.74) is 0.948. The van der Waals surface area contributed by atoms with Gasteiger partial charge in [0, 0.05) is 18.4 Å². The van der Waals surface area contributed by atoms with E-state index in [1.165, 1.54) is 0 Å². The van der Waals surface area contributed by atoms with Crippen LogP contribution in [0.2, 0.25) is 0 Å². The summed E-state index contributed by atoms with van der Waals surface area (Å²) >= 11 is 0. The Morgan fingerprint density at radius 2 is 1.77 bits per heavy atom. The number of ether oxygens (including phenoxy) is 2. The van der Waals surface area contributed by atoms with Crippen molar-refractivity contribution in [3.05, 3.63) is 65.7 Å². The number of ketones is 2. The molecule has 2 aliphatic rings. The molecule has 2 N–H and O–H groups in total. The van der Waals surface area contributed by atoms with E-state index in [-0.39, 0.29) is 43.1 Å². The topological polar surface area (TPSA) is 108 Å². The highest BCUT2D eigenvalue weighted by atomic mass is 16.6. The van der Waals surface area contributed by atoms with Crippen LogP contribution < -0.4 is 10.1 Å². The molecule has 4 rings (SSSR count). The number of rotatable bonds is 14. The van der Waals surface area contributed by atoms with Gasteiger partial charge in [-0.05, 0) is 62.4 Å². The first-order valence-electron chi connectivity index (χ1n) is 13.8. The molecule has 39 heavy (non-hydrogen) atoms. The van der Waals surface area contributed by atoms with E-state index in [1.54, 1.807) is 14.0 Å². The van der Waals surface area contributed by atoms with Crippen LogP contribution in [-0.2, 0) is 32.0 Å². The summed E-state index contributed by atoms with van der Waals surface area (Å²) in [5, 5.41) is 12.7. The molecule has 210 valence electrons. The van der Waals surface area contributed by atoms with Crippen LogP contribution in [0.4, 0.5) is 0 Å². The van der Waals surface area contributed by atoms with Crippen LogP contribution in [0.1, 0.15) is 43.7 Å². The number of hydrogen-bond acceptors (Lipinski definition) is 7. The maximum absolute atomic E-state index is 13.7. The molecule has 2 fully saturated rings. The van der Waals surface area contributed by atoms with E-state index < -0.39 is 17.6 Å². The molecular formula is C31H40N2O6. The number of amides is 1. The van der Waals surface area contributed by atoms with E-state index in [0.717, 1.165) is 36.9 Å². The molecular weight excluding hydrogens is 496 g/mol. The molecule has 4 atom stereocenters. The number of Topliss-reactive ketones (excluding diaryl/α,β-unsaturated/α-hetero) is 2. The summed E-state index contributed by atoms with van der Waals surface area (Å²) in [6.07, 6.45) is 3.64. The van der Waals surface area contributed by atoms with Crippen molar-refractivity contribution in [1.29, 1.82) is 0 Å². The fourth-order valence-electron chi connectivity index (χ4n) is 5.31. The van der Waals surface area contributed by atoms with Crippen molar-refractivity contribution in [2.45, 2.75) is 63.1 Å². The van der Waals surface area contributed by atoms with Crippen molar-refractivity contribution in [1.82, 2.24) is 10.2 Å². The number of likely N-dealkylation sites (tertiary alicyclic amines) is 1. The van der Waals surface area contributed by atoms with Crippen molar-refractivity contribution < 1.29 is 29.0 Å². The standard InChI is InChI=1S/C31H40N2O6/c1-31(21-39-31)29(36)28(17-22-8-4-3-5-9-22)32-30(37)24(16-23-11-13-27(38-2)14-12-23)18-26(35)19-33-15-7-6-10-25(33)20-34/h3-5,8-9,11-14,24-25,28,34H,6-7,10,15-21H2,1-2H3,(H,32,37)/t24-,25+,28+,31-/m1/s1. The zero-order valence-electron chi connectivity index (χ0n) is 22.9. The van der Waals surface area contributed by atoms with Gasteiger partial charge in [-0.2, -0.15) is 0 Å². The molecule has 0 bridgehead atoms. The minimum absolute atomic E-state index is 0.0210. The maximum atomic E-state index is 13.7. The SMILES string of the molecule is COc1ccc(C[C@H](CC(=O)CN2CCCC[C@H]2CO)C(=O)N[C@@H](Cc2ccccc2)C(=O)[C@@]2(C)CO2)cc1. The largest absolute Gasteiger partial charge is 0.497 e. The van der Waals surface area contributed by atoms with Gasteiger partial charge in [-0.1, -0.05) is 48.9 Å². The summed E-state index contributed by atoms with van der Waals surface area (Å²) in [4.78, 5) is 42.3. The average molecular weight is 537 g/mol. The second kappa shape index (κ2) is 13.3. The van der Waals surface area contributed by atoms with Crippen LogP contribution >= 0.6 is 0 Å². The van der Waals surface area contributed by atoms with Gasteiger partial charge >= 0.3 is 0 Å². The van der Waals surface area contributed by atoms with E-state index in [0.29, 0.717) is 25.2 Å². The minimum Gasteiger partial charge on any atom is -0.497 e. The molecule has 0 aromatic heterocycles. The molecule has 0 radical (unpaired) electrons. The Balaban J connectivity index is 1.50. The third kappa shape index (κ3) is 7.97. The fraction of sp³-hybridized carbons (Fsp3) is 0.516. The van der Waals surface area contributed by atoms with Gasteiger partial charge in [0.2, 0.25) is 5.91 Å². The molecule has 2 saturated heterocycles. The molecule has 2 heterocycles. The first-order valence-corrected chi connectivity index (χ1v) is 13.8. The number of epoxide rings is 1. The van der Waals surface area contributed by atoms with Gasteiger partial charge in [-0.3, -0.25) is 19.3 Å². The van der Waals surface area contributed by atoms with E-state index in [4.69, 9.17) is 9.47 Å². The highest BCUT2D eigenvalue weighted by Gasteiger charge is 2.50. The summed E-state index contributed by atoms with van der Waals surface area (Å²) < 4.78 is 10.7. The predicted octanol–water partition coefficient (Wildman–Crippen LogP) is 2.75. The molecule has 2 aromatic rings. The van der Waals surface area contributed by atoms with Gasteiger partial charge in [0.05, 0.1) is 32.9 Å². The first-order chi connectivity index (χ1) is 18.8. The summed E-state index contributed by atoms with van der Waals surface area (Å²) in [6.45, 7) is 3.07. The number of nitrogens with one attached hydrogen (secondary N) is 1. The van der Waals surface area contributed by atoms with Gasteiger partial charge in [0.25, 0.3) is 0 Å². The highest BCUT2D eigenvalue weighted by molar-refractivity contribution is 5.97. The Hall–Kier alpha value is -3.07. The van der Waals surface area contributed by atoms with Gasteiger partial charge in [-0.25, -0.2) is 0 Å². The monoisotopic (exact) mass is 536 g/mol. The van der Waals surface area contributed by atoms with Crippen molar-refractivity contribution in [3.8, 4) is 5.75 Å². The zero-order chi connectivity index (χ0) is 27.8. The zero-order valence-corrected chi connectivity index (χ0v) is 22.9. The second-order valence-electron chi connectivity index (χ2n) is 10.9. The number of carbonyl (C=O) groups is 3. The second-order valence-corrected chi connectivity index (χ2v) is 10.9. The highest BCUT2D eigenvalue weighted by Crippen LogP contribution is 2.29. The Bertz CT molecular complexity index is 1120. The van der Waals surface area contributed by atoms with E-state index in [1.807, 2.05) is 59.5 Å². The lowest BCUT2D eigenvalue weighted by molar-refractivity contribution is -0.134. The summed E-state index contributed by atoms with van der Waals surface area (Å²) in [6, 6.07) is 16.2. The molecule has 2 aromatic carbocycles. The lowest BCUT2D eigenvalue weighted by Crippen LogP contribution is -2.50. The molecule has 8 nitrogen and oxygen atoms in total. The molecule has 1 amide bonds. The number of aliphatic hydroxyl groups excluding tert-OH is 1. The number of piperidine rings is 1. The van der Waals surface area contributed by atoms with Crippen LogP contribution in [0.5, 0.6) is 5.75 Å². The molecule has 0 aliphatic carbocycles. The molecule has 0 unspecified atom stereocenters. The first kappa shape index (κ1) is 28.9. The Morgan fingerprint density at radius 3 is 2.41 bits per heavy atom. The number of hydrogen-bond donors (Lipinski definition) is 2. The van der Waals surface area contributed by atoms with Crippen molar-refractivity contribution in [3.63, 3.8) is 0 Å². The Morgan fingerprint density at radius 1 is 1.08 bits per heavy atom. The predicted molar refractivity (Wildman–Crippen MR) is 148 cm³/mol. The summed E-state index contributed by atoms with van der Waals surface area (Å²) in [7, 11) is 1.60.